The average Bonchev–Trinajstić information content (AvgIpc) is 3.22. The third kappa shape index (κ3) is 4.10. The predicted molar refractivity (Wildman–Crippen MR) is 92.8 cm³/mol. The van der Waals surface area contributed by atoms with Gasteiger partial charge in [0.15, 0.2) is 11.7 Å². The molecular weight excluding hydrogens is 362 g/mol. The second kappa shape index (κ2) is 7.69. The largest absolute Gasteiger partial charge is 0.441 e. The Balaban J connectivity index is 1.60. The summed E-state index contributed by atoms with van der Waals surface area (Å²) in [4.78, 5) is 16.0. The van der Waals surface area contributed by atoms with E-state index >= 15 is 0 Å². The van der Waals surface area contributed by atoms with Gasteiger partial charge in [0, 0.05) is 18.8 Å². The molecule has 0 aliphatic carbocycles. The quantitative estimate of drug-likeness (QED) is 0.696. The molecule has 1 aromatic carbocycles. The summed E-state index contributed by atoms with van der Waals surface area (Å²) in [5, 5.41) is 11.8. The van der Waals surface area contributed by atoms with E-state index in [2.05, 4.69) is 20.5 Å². The van der Waals surface area contributed by atoms with Crippen LogP contribution in [0.3, 0.4) is 0 Å². The lowest BCUT2D eigenvalue weighted by Crippen LogP contribution is -2.12. The van der Waals surface area contributed by atoms with E-state index in [4.69, 9.17) is 4.42 Å². The van der Waals surface area contributed by atoms with Crippen LogP contribution in [0.25, 0.3) is 11.3 Å². The van der Waals surface area contributed by atoms with Gasteiger partial charge in [0.2, 0.25) is 11.0 Å². The van der Waals surface area contributed by atoms with Crippen molar-refractivity contribution in [3.05, 3.63) is 46.9 Å². The van der Waals surface area contributed by atoms with Gasteiger partial charge in [0.1, 0.15) is 16.6 Å². The number of hydrogen-bond acceptors (Lipinski definition) is 6. The number of anilines is 1. The SMILES string of the molecule is CC(C)c1nnc(NC(=O)CCc2ncc(-c3c(F)cccc3F)o2)s1. The summed E-state index contributed by atoms with van der Waals surface area (Å²) >= 11 is 1.32. The van der Waals surface area contributed by atoms with Gasteiger partial charge < -0.3 is 9.73 Å². The normalized spacial score (nSPS) is 11.1. The molecule has 0 bridgehead atoms. The van der Waals surface area contributed by atoms with Crippen LogP contribution in [0, 0.1) is 11.6 Å². The lowest BCUT2D eigenvalue weighted by molar-refractivity contribution is -0.116. The number of carbonyl (C=O) groups is 1. The van der Waals surface area contributed by atoms with E-state index in [1.54, 1.807) is 0 Å². The molecule has 3 aromatic rings. The molecule has 0 aliphatic heterocycles. The van der Waals surface area contributed by atoms with Gasteiger partial charge in [-0.05, 0) is 12.1 Å². The van der Waals surface area contributed by atoms with E-state index < -0.39 is 11.6 Å². The van der Waals surface area contributed by atoms with E-state index in [1.807, 2.05) is 13.8 Å². The first-order chi connectivity index (χ1) is 12.4. The maximum absolute atomic E-state index is 13.8. The molecule has 26 heavy (non-hydrogen) atoms. The van der Waals surface area contributed by atoms with Crippen LogP contribution < -0.4 is 5.32 Å². The van der Waals surface area contributed by atoms with Crippen molar-refractivity contribution in [2.45, 2.75) is 32.6 Å². The smallest absolute Gasteiger partial charge is 0.226 e. The molecule has 6 nitrogen and oxygen atoms in total. The minimum Gasteiger partial charge on any atom is -0.441 e. The summed E-state index contributed by atoms with van der Waals surface area (Å²) in [5.41, 5.74) is -0.272. The van der Waals surface area contributed by atoms with E-state index in [9.17, 15) is 13.6 Å². The first-order valence-corrected chi connectivity index (χ1v) is 8.78. The minimum absolute atomic E-state index is 0.0123. The lowest BCUT2D eigenvalue weighted by Gasteiger charge is -2.01. The van der Waals surface area contributed by atoms with Crippen molar-refractivity contribution in [2.24, 2.45) is 0 Å². The molecule has 1 amide bonds. The van der Waals surface area contributed by atoms with Gasteiger partial charge in [-0.1, -0.05) is 31.3 Å². The van der Waals surface area contributed by atoms with E-state index in [-0.39, 0.29) is 41.9 Å². The molecule has 0 spiro atoms. The van der Waals surface area contributed by atoms with Gasteiger partial charge in [-0.15, -0.1) is 10.2 Å². The third-order valence-electron chi connectivity index (χ3n) is 3.51. The zero-order chi connectivity index (χ0) is 18.7. The summed E-state index contributed by atoms with van der Waals surface area (Å²) in [7, 11) is 0. The number of amides is 1. The van der Waals surface area contributed by atoms with E-state index in [0.717, 1.165) is 17.1 Å². The molecule has 0 fully saturated rings. The Hall–Kier alpha value is -2.68. The lowest BCUT2D eigenvalue weighted by atomic mass is 10.1. The summed E-state index contributed by atoms with van der Waals surface area (Å²) in [6.07, 6.45) is 1.53. The fourth-order valence-electron chi connectivity index (χ4n) is 2.20. The topological polar surface area (TPSA) is 80.9 Å². The molecule has 1 N–H and O–H groups in total. The number of nitrogens with one attached hydrogen (secondary N) is 1. The highest BCUT2D eigenvalue weighted by Gasteiger charge is 2.17. The monoisotopic (exact) mass is 378 g/mol. The van der Waals surface area contributed by atoms with Crippen LogP contribution in [0.5, 0.6) is 0 Å². The number of halogens is 2. The Morgan fingerprint density at radius 2 is 2.00 bits per heavy atom. The fourth-order valence-corrected chi connectivity index (χ4v) is 2.96. The summed E-state index contributed by atoms with van der Waals surface area (Å²) < 4.78 is 32.9. The molecule has 2 aromatic heterocycles. The van der Waals surface area contributed by atoms with Gasteiger partial charge >= 0.3 is 0 Å². The number of oxazole rings is 1. The molecule has 136 valence electrons. The highest BCUT2D eigenvalue weighted by Crippen LogP contribution is 2.27. The van der Waals surface area contributed by atoms with Crippen LogP contribution in [0.4, 0.5) is 13.9 Å². The number of aryl methyl sites for hydroxylation is 1. The van der Waals surface area contributed by atoms with E-state index in [1.165, 1.54) is 23.6 Å². The second-order valence-electron chi connectivity index (χ2n) is 5.86. The fraction of sp³-hybridized carbons (Fsp3) is 0.294. The molecule has 3 rings (SSSR count). The highest BCUT2D eigenvalue weighted by molar-refractivity contribution is 7.15. The summed E-state index contributed by atoms with van der Waals surface area (Å²) in [6.45, 7) is 3.98. The predicted octanol–water partition coefficient (Wildman–Crippen LogP) is 4.17. The van der Waals surface area contributed by atoms with E-state index in [0.29, 0.717) is 5.13 Å². The summed E-state index contributed by atoms with van der Waals surface area (Å²) in [6, 6.07) is 3.55. The van der Waals surface area contributed by atoms with Crippen LogP contribution in [0.15, 0.2) is 28.8 Å². The standard InChI is InChI=1S/C17H16F2N4O2S/c1-9(2)16-22-23-17(26-16)21-13(24)6-7-14-20-8-12(25-14)15-10(18)4-3-5-11(15)19/h3-5,8-9H,6-7H2,1-2H3,(H,21,23,24). The minimum atomic E-state index is -0.734. The van der Waals surface area contributed by atoms with Crippen LogP contribution in [-0.4, -0.2) is 21.1 Å². The number of rotatable bonds is 6. The number of nitrogens with zero attached hydrogens (tertiary/aromatic N) is 3. The van der Waals surface area contributed by atoms with Crippen molar-refractivity contribution in [1.29, 1.82) is 0 Å². The van der Waals surface area contributed by atoms with Crippen LogP contribution >= 0.6 is 11.3 Å². The molecule has 0 unspecified atom stereocenters. The molecule has 0 aliphatic rings. The van der Waals surface area contributed by atoms with Crippen LogP contribution in [0.1, 0.15) is 37.1 Å². The maximum Gasteiger partial charge on any atom is 0.226 e. The first kappa shape index (κ1) is 18.1. The summed E-state index contributed by atoms with van der Waals surface area (Å²) in [5.74, 6) is -1.29. The Bertz CT molecular complexity index is 903. The van der Waals surface area contributed by atoms with Crippen molar-refractivity contribution < 1.29 is 18.0 Å². The zero-order valence-electron chi connectivity index (χ0n) is 14.1. The Morgan fingerprint density at radius 3 is 2.65 bits per heavy atom. The molecule has 0 radical (unpaired) electrons. The molecule has 9 heteroatoms. The zero-order valence-corrected chi connectivity index (χ0v) is 14.9. The number of hydrogen-bond donors (Lipinski definition) is 1. The Kier molecular flexibility index (Phi) is 5.36. The third-order valence-corrected chi connectivity index (χ3v) is 4.65. The molecular formula is C17H16F2N4O2S. The first-order valence-electron chi connectivity index (χ1n) is 7.96. The number of aromatic nitrogens is 3. The maximum atomic E-state index is 13.8. The van der Waals surface area contributed by atoms with Gasteiger partial charge in [-0.2, -0.15) is 0 Å². The van der Waals surface area contributed by atoms with Crippen molar-refractivity contribution >= 4 is 22.4 Å². The van der Waals surface area contributed by atoms with Gasteiger partial charge in [-0.25, -0.2) is 13.8 Å². The Morgan fingerprint density at radius 1 is 1.27 bits per heavy atom. The van der Waals surface area contributed by atoms with Gasteiger partial charge in [0.05, 0.1) is 11.8 Å². The molecule has 0 atom stereocenters. The van der Waals surface area contributed by atoms with Crippen molar-refractivity contribution in [3.8, 4) is 11.3 Å². The van der Waals surface area contributed by atoms with Gasteiger partial charge in [-0.3, -0.25) is 4.79 Å². The van der Waals surface area contributed by atoms with Crippen molar-refractivity contribution in [1.82, 2.24) is 15.2 Å². The van der Waals surface area contributed by atoms with Crippen LogP contribution in [-0.2, 0) is 11.2 Å². The average molecular weight is 378 g/mol. The second-order valence-corrected chi connectivity index (χ2v) is 6.87. The van der Waals surface area contributed by atoms with Crippen molar-refractivity contribution in [2.75, 3.05) is 5.32 Å². The van der Waals surface area contributed by atoms with Crippen LogP contribution in [0.2, 0.25) is 0 Å². The number of benzene rings is 1. The van der Waals surface area contributed by atoms with Gasteiger partial charge in [0.25, 0.3) is 0 Å². The number of carbonyl (C=O) groups excluding carboxylic acids is 1. The Labute approximate surface area is 152 Å². The molecule has 0 saturated heterocycles. The molecule has 0 saturated carbocycles. The van der Waals surface area contributed by atoms with Crippen molar-refractivity contribution in [3.63, 3.8) is 0 Å². The highest BCUT2D eigenvalue weighted by atomic mass is 32.1. The molecule has 2 heterocycles.